The Morgan fingerprint density at radius 2 is 1.62 bits per heavy atom. The molecule has 1 saturated heterocycles. The highest BCUT2D eigenvalue weighted by molar-refractivity contribution is 6.10. The van der Waals surface area contributed by atoms with Gasteiger partial charge in [0.25, 0.3) is 5.91 Å². The van der Waals surface area contributed by atoms with Crippen molar-refractivity contribution in [3.63, 3.8) is 0 Å². The smallest absolute Gasteiger partial charge is 0.337 e. The van der Waals surface area contributed by atoms with Crippen molar-refractivity contribution in [1.82, 2.24) is 0 Å². The molecule has 6 nitrogen and oxygen atoms in total. The number of nitrogens with one attached hydrogen (secondary N) is 1. The number of hydrogen-bond donors (Lipinski definition) is 3. The molecule has 0 radical (unpaired) electrons. The number of aromatic carboxylic acids is 1. The summed E-state index contributed by atoms with van der Waals surface area (Å²) in [6.07, 6.45) is 3.38. The van der Waals surface area contributed by atoms with E-state index in [9.17, 15) is 19.8 Å². The summed E-state index contributed by atoms with van der Waals surface area (Å²) in [6, 6.07) is 17.8. The van der Waals surface area contributed by atoms with Crippen molar-refractivity contribution in [3.8, 4) is 16.9 Å². The van der Waals surface area contributed by atoms with Gasteiger partial charge in [-0.25, -0.2) is 4.79 Å². The van der Waals surface area contributed by atoms with Crippen LogP contribution in [-0.4, -0.2) is 35.2 Å². The first-order chi connectivity index (χ1) is 15.4. The zero-order valence-corrected chi connectivity index (χ0v) is 18.0. The molecule has 6 heteroatoms. The van der Waals surface area contributed by atoms with Gasteiger partial charge in [-0.3, -0.25) is 4.79 Å². The number of carbonyl (C=O) groups excluding carboxylic acids is 1. The molecule has 0 unspecified atom stereocenters. The molecule has 164 valence electrons. The van der Waals surface area contributed by atoms with E-state index in [4.69, 9.17) is 0 Å². The summed E-state index contributed by atoms with van der Waals surface area (Å²) in [5.74, 6) is -1.82. The zero-order chi connectivity index (χ0) is 22.7. The monoisotopic (exact) mass is 430 g/mol. The molecule has 0 saturated carbocycles. The highest BCUT2D eigenvalue weighted by atomic mass is 16.4. The van der Waals surface area contributed by atoms with Crippen molar-refractivity contribution < 1.29 is 19.8 Å². The summed E-state index contributed by atoms with van der Waals surface area (Å²) in [6.45, 7) is 3.66. The van der Waals surface area contributed by atoms with Gasteiger partial charge in [0, 0.05) is 18.8 Å². The summed E-state index contributed by atoms with van der Waals surface area (Å²) in [5.41, 5.74) is 3.73. The summed E-state index contributed by atoms with van der Waals surface area (Å²) >= 11 is 0. The maximum absolute atomic E-state index is 13.1. The Kier molecular flexibility index (Phi) is 6.12. The van der Waals surface area contributed by atoms with Gasteiger partial charge in [-0.15, -0.1) is 0 Å². The molecular weight excluding hydrogens is 404 g/mol. The summed E-state index contributed by atoms with van der Waals surface area (Å²) in [4.78, 5) is 27.2. The predicted molar refractivity (Wildman–Crippen MR) is 126 cm³/mol. The Morgan fingerprint density at radius 3 is 2.31 bits per heavy atom. The van der Waals surface area contributed by atoms with Crippen molar-refractivity contribution in [2.24, 2.45) is 0 Å². The number of anilines is 2. The molecule has 3 N–H and O–H groups in total. The van der Waals surface area contributed by atoms with Gasteiger partial charge in [0.1, 0.15) is 5.75 Å². The molecule has 3 aromatic rings. The number of phenolic OH excluding ortho intramolecular Hbond substituents is 1. The van der Waals surface area contributed by atoms with Crippen molar-refractivity contribution in [2.45, 2.75) is 26.2 Å². The molecular formula is C26H26N2O4. The van der Waals surface area contributed by atoms with Crippen molar-refractivity contribution in [1.29, 1.82) is 0 Å². The Balaban J connectivity index is 1.69. The molecule has 0 atom stereocenters. The van der Waals surface area contributed by atoms with Crippen LogP contribution in [0.1, 0.15) is 45.5 Å². The molecule has 0 spiro atoms. The molecule has 0 aromatic heterocycles. The summed E-state index contributed by atoms with van der Waals surface area (Å²) in [7, 11) is 0. The molecule has 1 fully saturated rings. The third-order valence-electron chi connectivity index (χ3n) is 5.87. The summed E-state index contributed by atoms with van der Waals surface area (Å²) < 4.78 is 0. The standard InChI is InChI=1S/C26H26N2O4/c1-17-14-21(26(31)32)23(16-20(17)18-8-4-2-5-9-18)27-25(30)22-15-19(10-11-24(22)29)28-12-6-3-7-13-28/h2,4-5,8-11,14-16,29H,3,6-7,12-13H2,1H3,(H,27,30)(H,31,32). The topological polar surface area (TPSA) is 89.9 Å². The van der Waals surface area contributed by atoms with Crippen molar-refractivity contribution in [3.05, 3.63) is 77.4 Å². The Hall–Kier alpha value is -3.80. The summed E-state index contributed by atoms with van der Waals surface area (Å²) in [5, 5.41) is 22.8. The average molecular weight is 431 g/mol. The van der Waals surface area contributed by atoms with Crippen LogP contribution in [0.3, 0.4) is 0 Å². The molecule has 32 heavy (non-hydrogen) atoms. The fourth-order valence-corrected chi connectivity index (χ4v) is 4.16. The van der Waals surface area contributed by atoms with Crippen LogP contribution < -0.4 is 10.2 Å². The molecule has 1 amide bonds. The first-order valence-corrected chi connectivity index (χ1v) is 10.8. The predicted octanol–water partition coefficient (Wildman–Crippen LogP) is 5.31. The number of piperidine rings is 1. The number of amides is 1. The highest BCUT2D eigenvalue weighted by Gasteiger charge is 2.20. The number of carboxylic acid groups (broad SMARTS) is 1. The second-order valence-electron chi connectivity index (χ2n) is 8.09. The number of aryl methyl sites for hydroxylation is 1. The maximum Gasteiger partial charge on any atom is 0.337 e. The van der Waals surface area contributed by atoms with E-state index in [1.165, 1.54) is 12.5 Å². The molecule has 0 bridgehead atoms. The lowest BCUT2D eigenvalue weighted by molar-refractivity contribution is 0.0698. The van der Waals surface area contributed by atoms with Gasteiger partial charge >= 0.3 is 5.97 Å². The van der Waals surface area contributed by atoms with Gasteiger partial charge in [-0.1, -0.05) is 30.3 Å². The van der Waals surface area contributed by atoms with Crippen LogP contribution >= 0.6 is 0 Å². The van der Waals surface area contributed by atoms with Gasteiger partial charge in [-0.05, 0) is 73.2 Å². The zero-order valence-electron chi connectivity index (χ0n) is 18.0. The van der Waals surface area contributed by atoms with E-state index in [1.807, 2.05) is 37.3 Å². The number of benzene rings is 3. The Morgan fingerprint density at radius 1 is 0.906 bits per heavy atom. The van der Waals surface area contributed by atoms with E-state index in [0.29, 0.717) is 0 Å². The molecule has 0 aliphatic carbocycles. The first-order valence-electron chi connectivity index (χ1n) is 10.8. The molecule has 1 aliphatic heterocycles. The number of carboxylic acids is 1. The van der Waals surface area contributed by atoms with Crippen LogP contribution in [0.25, 0.3) is 11.1 Å². The fourth-order valence-electron chi connectivity index (χ4n) is 4.16. The van der Waals surface area contributed by atoms with Gasteiger partial charge in [0.15, 0.2) is 0 Å². The van der Waals surface area contributed by atoms with Crippen molar-refractivity contribution in [2.75, 3.05) is 23.3 Å². The molecule has 1 aliphatic rings. The van der Waals surface area contributed by atoms with E-state index in [0.717, 1.165) is 48.3 Å². The number of hydrogen-bond acceptors (Lipinski definition) is 4. The second kappa shape index (κ2) is 9.14. The van der Waals surface area contributed by atoms with Gasteiger partial charge in [-0.2, -0.15) is 0 Å². The molecule has 1 heterocycles. The Bertz CT molecular complexity index is 1150. The lowest BCUT2D eigenvalue weighted by Crippen LogP contribution is -2.29. The maximum atomic E-state index is 13.1. The van der Waals surface area contributed by atoms with E-state index in [1.54, 1.807) is 24.3 Å². The number of nitrogens with zero attached hydrogens (tertiary/aromatic N) is 1. The number of phenols is 1. The van der Waals surface area contributed by atoms with Crippen LogP contribution in [0, 0.1) is 6.92 Å². The first kappa shape index (κ1) is 21.4. The van der Waals surface area contributed by atoms with Crippen LogP contribution in [0.15, 0.2) is 60.7 Å². The van der Waals surface area contributed by atoms with Crippen LogP contribution in [0.4, 0.5) is 11.4 Å². The van der Waals surface area contributed by atoms with Gasteiger partial charge in [0.05, 0.1) is 16.8 Å². The molecule has 3 aromatic carbocycles. The highest BCUT2D eigenvalue weighted by Crippen LogP contribution is 2.31. The van der Waals surface area contributed by atoms with Crippen LogP contribution in [0.2, 0.25) is 0 Å². The minimum atomic E-state index is -1.13. The number of rotatable bonds is 5. The lowest BCUT2D eigenvalue weighted by atomic mass is 9.96. The van der Waals surface area contributed by atoms with E-state index in [-0.39, 0.29) is 22.6 Å². The minimum absolute atomic E-state index is 0.00204. The number of aromatic hydroxyl groups is 1. The van der Waals surface area contributed by atoms with Crippen molar-refractivity contribution >= 4 is 23.3 Å². The minimum Gasteiger partial charge on any atom is -0.507 e. The van der Waals surface area contributed by atoms with Crippen LogP contribution in [-0.2, 0) is 0 Å². The Labute approximate surface area is 187 Å². The van der Waals surface area contributed by atoms with E-state index < -0.39 is 11.9 Å². The van der Waals surface area contributed by atoms with E-state index >= 15 is 0 Å². The third-order valence-corrected chi connectivity index (χ3v) is 5.87. The van der Waals surface area contributed by atoms with Gasteiger partial charge < -0.3 is 20.4 Å². The van der Waals surface area contributed by atoms with Gasteiger partial charge in [0.2, 0.25) is 0 Å². The second-order valence-corrected chi connectivity index (χ2v) is 8.09. The SMILES string of the molecule is Cc1cc(C(=O)O)c(NC(=O)c2cc(N3CCCCC3)ccc2O)cc1-c1ccccc1. The van der Waals surface area contributed by atoms with E-state index in [2.05, 4.69) is 10.2 Å². The van der Waals surface area contributed by atoms with Crippen LogP contribution in [0.5, 0.6) is 5.75 Å². The molecule has 4 rings (SSSR count). The largest absolute Gasteiger partial charge is 0.507 e. The third kappa shape index (κ3) is 4.44. The lowest BCUT2D eigenvalue weighted by Gasteiger charge is -2.29. The average Bonchev–Trinajstić information content (AvgIpc) is 2.81. The number of carbonyl (C=O) groups is 2. The fraction of sp³-hybridized carbons (Fsp3) is 0.231. The quantitative estimate of drug-likeness (QED) is 0.510. The normalized spacial score (nSPS) is 13.6.